The van der Waals surface area contributed by atoms with E-state index in [0.717, 1.165) is 19.3 Å². The first-order chi connectivity index (χ1) is 8.60. The average Bonchev–Trinajstić information content (AvgIpc) is 2.37. The SMILES string of the molecule is CCCC/C=C/c1cc(Cl)cc(C(=O)OC)c1O. The number of methoxy groups -OCH3 is 1. The number of benzene rings is 1. The molecule has 0 heterocycles. The van der Waals surface area contributed by atoms with Gasteiger partial charge in [-0.3, -0.25) is 0 Å². The summed E-state index contributed by atoms with van der Waals surface area (Å²) in [6, 6.07) is 3.01. The van der Waals surface area contributed by atoms with Gasteiger partial charge in [-0.1, -0.05) is 43.5 Å². The summed E-state index contributed by atoms with van der Waals surface area (Å²) in [4.78, 5) is 11.5. The van der Waals surface area contributed by atoms with E-state index in [1.165, 1.54) is 13.2 Å². The van der Waals surface area contributed by atoms with E-state index in [2.05, 4.69) is 11.7 Å². The number of hydrogen-bond donors (Lipinski definition) is 1. The Morgan fingerprint density at radius 3 is 2.83 bits per heavy atom. The molecule has 0 fully saturated rings. The Bertz CT molecular complexity index is 453. The number of aromatic hydroxyl groups is 1. The molecule has 0 aromatic heterocycles. The molecular formula is C14H17ClO3. The van der Waals surface area contributed by atoms with Crippen LogP contribution in [0.4, 0.5) is 0 Å². The van der Waals surface area contributed by atoms with Gasteiger partial charge in [-0.15, -0.1) is 0 Å². The minimum atomic E-state index is -0.599. The fourth-order valence-corrected chi connectivity index (χ4v) is 1.77. The Morgan fingerprint density at radius 1 is 1.50 bits per heavy atom. The van der Waals surface area contributed by atoms with Crippen LogP contribution in [0.1, 0.15) is 42.1 Å². The van der Waals surface area contributed by atoms with Crippen LogP contribution in [0, 0.1) is 0 Å². The molecule has 0 aliphatic heterocycles. The van der Waals surface area contributed by atoms with Crippen molar-refractivity contribution in [2.45, 2.75) is 26.2 Å². The second kappa shape index (κ2) is 7.07. The van der Waals surface area contributed by atoms with E-state index < -0.39 is 5.97 Å². The molecular weight excluding hydrogens is 252 g/mol. The number of unbranched alkanes of at least 4 members (excludes halogenated alkanes) is 2. The molecule has 0 saturated heterocycles. The monoisotopic (exact) mass is 268 g/mol. The third-order valence-electron chi connectivity index (χ3n) is 2.53. The summed E-state index contributed by atoms with van der Waals surface area (Å²) < 4.78 is 4.59. The lowest BCUT2D eigenvalue weighted by molar-refractivity contribution is 0.0597. The van der Waals surface area contributed by atoms with Gasteiger partial charge in [-0.2, -0.15) is 0 Å². The summed E-state index contributed by atoms with van der Waals surface area (Å²) in [5.41, 5.74) is 0.610. The lowest BCUT2D eigenvalue weighted by Gasteiger charge is -2.06. The van der Waals surface area contributed by atoms with Crippen molar-refractivity contribution in [3.63, 3.8) is 0 Å². The second-order valence-electron chi connectivity index (χ2n) is 3.93. The van der Waals surface area contributed by atoms with Crippen molar-refractivity contribution >= 4 is 23.6 Å². The van der Waals surface area contributed by atoms with Crippen LogP contribution in [-0.4, -0.2) is 18.2 Å². The molecule has 1 aromatic carbocycles. The Kier molecular flexibility index (Phi) is 5.72. The first kappa shape index (κ1) is 14.6. The molecule has 0 amide bonds. The van der Waals surface area contributed by atoms with Gasteiger partial charge in [0.25, 0.3) is 0 Å². The van der Waals surface area contributed by atoms with Gasteiger partial charge in [0.1, 0.15) is 11.3 Å². The van der Waals surface area contributed by atoms with Crippen LogP contribution in [0.3, 0.4) is 0 Å². The molecule has 0 atom stereocenters. The first-order valence-corrected chi connectivity index (χ1v) is 6.25. The van der Waals surface area contributed by atoms with Gasteiger partial charge >= 0.3 is 5.97 Å². The Balaban J connectivity index is 3.01. The summed E-state index contributed by atoms with van der Waals surface area (Å²) in [7, 11) is 1.26. The van der Waals surface area contributed by atoms with Gasteiger partial charge in [0.15, 0.2) is 0 Å². The highest BCUT2D eigenvalue weighted by atomic mass is 35.5. The third-order valence-corrected chi connectivity index (χ3v) is 2.75. The maximum absolute atomic E-state index is 11.5. The maximum atomic E-state index is 11.5. The van der Waals surface area contributed by atoms with Gasteiger partial charge in [-0.05, 0) is 18.6 Å². The molecule has 0 aliphatic rings. The highest BCUT2D eigenvalue weighted by Gasteiger charge is 2.15. The average molecular weight is 269 g/mol. The molecule has 98 valence electrons. The lowest BCUT2D eigenvalue weighted by Crippen LogP contribution is -2.02. The van der Waals surface area contributed by atoms with E-state index in [1.807, 2.05) is 6.08 Å². The van der Waals surface area contributed by atoms with Gasteiger partial charge < -0.3 is 9.84 Å². The second-order valence-corrected chi connectivity index (χ2v) is 4.36. The summed E-state index contributed by atoms with van der Waals surface area (Å²) in [6.07, 6.45) is 6.84. The van der Waals surface area contributed by atoms with Crippen molar-refractivity contribution < 1.29 is 14.6 Å². The third kappa shape index (κ3) is 3.77. The largest absolute Gasteiger partial charge is 0.506 e. The summed E-state index contributed by atoms with van der Waals surface area (Å²) in [5.74, 6) is -0.697. The maximum Gasteiger partial charge on any atom is 0.341 e. The van der Waals surface area contributed by atoms with Crippen molar-refractivity contribution in [2.75, 3.05) is 7.11 Å². The van der Waals surface area contributed by atoms with E-state index in [9.17, 15) is 9.90 Å². The number of phenols is 1. The van der Waals surface area contributed by atoms with Crippen molar-refractivity contribution in [3.05, 3.63) is 34.4 Å². The van der Waals surface area contributed by atoms with Crippen LogP contribution in [0.2, 0.25) is 5.02 Å². The van der Waals surface area contributed by atoms with Crippen LogP contribution < -0.4 is 0 Å². The Hall–Kier alpha value is -1.48. The first-order valence-electron chi connectivity index (χ1n) is 5.87. The number of rotatable bonds is 5. The molecule has 0 saturated carbocycles. The van der Waals surface area contributed by atoms with Crippen molar-refractivity contribution in [1.29, 1.82) is 0 Å². The zero-order valence-corrected chi connectivity index (χ0v) is 11.3. The molecule has 0 aliphatic carbocycles. The Labute approximate surface area is 112 Å². The number of halogens is 1. The topological polar surface area (TPSA) is 46.5 Å². The Morgan fingerprint density at radius 2 is 2.22 bits per heavy atom. The van der Waals surface area contributed by atoms with Gasteiger partial charge in [0, 0.05) is 10.6 Å². The predicted octanol–water partition coefficient (Wildman–Crippen LogP) is 4.04. The van der Waals surface area contributed by atoms with E-state index in [0.29, 0.717) is 10.6 Å². The van der Waals surface area contributed by atoms with Gasteiger partial charge in [-0.25, -0.2) is 4.79 Å². The van der Waals surface area contributed by atoms with Crippen LogP contribution >= 0.6 is 11.6 Å². The molecule has 1 rings (SSSR count). The van der Waals surface area contributed by atoms with Crippen molar-refractivity contribution in [1.82, 2.24) is 0 Å². The number of esters is 1. The van der Waals surface area contributed by atoms with Gasteiger partial charge in [0.2, 0.25) is 0 Å². The van der Waals surface area contributed by atoms with E-state index in [1.54, 1.807) is 12.1 Å². The fraction of sp³-hybridized carbons (Fsp3) is 0.357. The van der Waals surface area contributed by atoms with Crippen molar-refractivity contribution in [2.24, 2.45) is 0 Å². The van der Waals surface area contributed by atoms with Crippen LogP contribution in [0.15, 0.2) is 18.2 Å². The number of carbonyl (C=O) groups excluding carboxylic acids is 1. The zero-order chi connectivity index (χ0) is 13.5. The molecule has 0 radical (unpaired) electrons. The normalized spacial score (nSPS) is 10.8. The van der Waals surface area contributed by atoms with Crippen LogP contribution in [0.25, 0.3) is 6.08 Å². The highest BCUT2D eigenvalue weighted by Crippen LogP contribution is 2.29. The summed E-state index contributed by atoms with van der Waals surface area (Å²) in [5, 5.41) is 10.4. The quantitative estimate of drug-likeness (QED) is 0.648. The van der Waals surface area contributed by atoms with Crippen LogP contribution in [-0.2, 0) is 4.74 Å². The molecule has 3 nitrogen and oxygen atoms in total. The number of carbonyl (C=O) groups is 1. The molecule has 1 N–H and O–H groups in total. The minimum absolute atomic E-state index is 0.0835. The smallest absolute Gasteiger partial charge is 0.341 e. The molecule has 0 bridgehead atoms. The zero-order valence-electron chi connectivity index (χ0n) is 10.6. The van der Waals surface area contributed by atoms with Crippen LogP contribution in [0.5, 0.6) is 5.75 Å². The summed E-state index contributed by atoms with van der Waals surface area (Å²) >= 11 is 5.91. The summed E-state index contributed by atoms with van der Waals surface area (Å²) in [6.45, 7) is 2.11. The lowest BCUT2D eigenvalue weighted by atomic mass is 10.1. The molecule has 0 unspecified atom stereocenters. The number of allylic oxidation sites excluding steroid dienone is 1. The predicted molar refractivity (Wildman–Crippen MR) is 73.0 cm³/mol. The van der Waals surface area contributed by atoms with E-state index in [-0.39, 0.29) is 11.3 Å². The fourth-order valence-electron chi connectivity index (χ4n) is 1.55. The van der Waals surface area contributed by atoms with Gasteiger partial charge in [0.05, 0.1) is 7.11 Å². The molecule has 0 spiro atoms. The van der Waals surface area contributed by atoms with Crippen molar-refractivity contribution in [3.8, 4) is 5.75 Å². The van der Waals surface area contributed by atoms with E-state index in [4.69, 9.17) is 11.6 Å². The van der Waals surface area contributed by atoms with E-state index >= 15 is 0 Å². The molecule has 1 aromatic rings. The number of ether oxygens (including phenoxy) is 1. The number of phenolic OH excluding ortho intramolecular Hbond substituents is 1. The highest BCUT2D eigenvalue weighted by molar-refractivity contribution is 6.31. The minimum Gasteiger partial charge on any atom is -0.506 e. The molecule has 4 heteroatoms. The standard InChI is InChI=1S/C14H17ClO3/c1-3-4-5-6-7-10-8-11(15)9-12(13(10)16)14(17)18-2/h6-9,16H,3-5H2,1-2H3/b7-6+. The molecule has 18 heavy (non-hydrogen) atoms. The number of hydrogen-bond acceptors (Lipinski definition) is 3.